The minimum Gasteiger partial charge on any atom is -0.309 e. The van der Waals surface area contributed by atoms with Crippen LogP contribution >= 0.6 is 0 Å². The lowest BCUT2D eigenvalue weighted by molar-refractivity contribution is 1.13. The van der Waals surface area contributed by atoms with Gasteiger partial charge in [-0.2, -0.15) is 0 Å². The average molecular weight is 690 g/mol. The van der Waals surface area contributed by atoms with Crippen molar-refractivity contribution in [2.24, 2.45) is 0 Å². The molecule has 3 heterocycles. The predicted molar refractivity (Wildman–Crippen MR) is 228 cm³/mol. The molecule has 0 atom stereocenters. The Kier molecular flexibility index (Phi) is 6.68. The standard InChI is InChI=1S/C51H35N3/c1-32-23-28-44-39-13-3-8-18-45(39)52-51(50(44)33(32)2)35-26-24-34(25-27-35)36-29-37(53-46-19-9-4-14-40(46)41-15-5-10-20-47(41)53)31-38(30-36)54-48-21-11-6-16-42(48)43-17-7-12-22-49(43)54/h3-31H,1-2H3. The van der Waals surface area contributed by atoms with E-state index in [0.29, 0.717) is 0 Å². The van der Waals surface area contributed by atoms with Crippen molar-refractivity contribution in [1.82, 2.24) is 14.1 Å². The highest BCUT2D eigenvalue weighted by Crippen LogP contribution is 2.40. The predicted octanol–water partition coefficient (Wildman–Crippen LogP) is 13.5. The van der Waals surface area contributed by atoms with Crippen molar-refractivity contribution in [2.75, 3.05) is 0 Å². The number of hydrogen-bond acceptors (Lipinski definition) is 1. The van der Waals surface area contributed by atoms with E-state index in [1.165, 1.54) is 70.9 Å². The molecular formula is C51H35N3. The first kappa shape index (κ1) is 30.6. The second-order valence-corrected chi connectivity index (χ2v) is 14.5. The number of pyridine rings is 1. The number of para-hydroxylation sites is 5. The Labute approximate surface area is 313 Å². The maximum Gasteiger partial charge on any atom is 0.0790 e. The van der Waals surface area contributed by atoms with Gasteiger partial charge in [0.2, 0.25) is 0 Å². The molecule has 11 rings (SSSR count). The SMILES string of the molecule is Cc1ccc2c(c(-c3ccc(-c4cc(-n5c6ccccc6c6ccccc65)cc(-n5c6ccccc6c6ccccc65)c4)cc3)nc3ccccc32)c1C. The van der Waals surface area contributed by atoms with Crippen LogP contribution in [0, 0.1) is 13.8 Å². The van der Waals surface area contributed by atoms with Crippen LogP contribution in [0.4, 0.5) is 0 Å². The summed E-state index contributed by atoms with van der Waals surface area (Å²) in [4.78, 5) is 5.28. The Bertz CT molecular complexity index is 3050. The molecule has 254 valence electrons. The summed E-state index contributed by atoms with van der Waals surface area (Å²) < 4.78 is 4.85. The third-order valence-electron chi connectivity index (χ3n) is 11.5. The first-order valence-corrected chi connectivity index (χ1v) is 18.6. The fourth-order valence-electron chi connectivity index (χ4n) is 8.77. The van der Waals surface area contributed by atoms with E-state index >= 15 is 0 Å². The second kappa shape index (κ2) is 11.8. The summed E-state index contributed by atoms with van der Waals surface area (Å²) in [6, 6.07) is 64.1. The monoisotopic (exact) mass is 689 g/mol. The summed E-state index contributed by atoms with van der Waals surface area (Å²) in [5, 5.41) is 8.67. The van der Waals surface area contributed by atoms with E-state index in [9.17, 15) is 0 Å². The molecule has 11 aromatic rings. The molecule has 0 unspecified atom stereocenters. The molecule has 54 heavy (non-hydrogen) atoms. The fourth-order valence-corrected chi connectivity index (χ4v) is 8.77. The van der Waals surface area contributed by atoms with Gasteiger partial charge in [-0.25, -0.2) is 4.98 Å². The maximum absolute atomic E-state index is 5.28. The van der Waals surface area contributed by atoms with Gasteiger partial charge in [-0.15, -0.1) is 0 Å². The normalized spacial score (nSPS) is 11.9. The third kappa shape index (κ3) is 4.52. The number of nitrogens with zero attached hydrogens (tertiary/aromatic N) is 3. The van der Waals surface area contributed by atoms with E-state index in [1.54, 1.807) is 0 Å². The molecule has 3 heteroatoms. The zero-order chi connectivity index (χ0) is 35.9. The molecule has 8 aromatic carbocycles. The van der Waals surface area contributed by atoms with Crippen molar-refractivity contribution >= 4 is 65.3 Å². The third-order valence-corrected chi connectivity index (χ3v) is 11.5. The average Bonchev–Trinajstić information content (AvgIpc) is 3.75. The van der Waals surface area contributed by atoms with E-state index in [0.717, 1.165) is 39.3 Å². The van der Waals surface area contributed by atoms with E-state index in [2.05, 4.69) is 199 Å². The first-order valence-electron chi connectivity index (χ1n) is 18.6. The largest absolute Gasteiger partial charge is 0.309 e. The van der Waals surface area contributed by atoms with Crippen LogP contribution in [-0.4, -0.2) is 14.1 Å². The molecule has 0 aliphatic rings. The van der Waals surface area contributed by atoms with Crippen LogP contribution in [0.5, 0.6) is 0 Å². The van der Waals surface area contributed by atoms with Crippen molar-refractivity contribution in [3.05, 3.63) is 187 Å². The van der Waals surface area contributed by atoms with E-state index in [1.807, 2.05) is 0 Å². The molecule has 0 saturated heterocycles. The van der Waals surface area contributed by atoms with Crippen LogP contribution in [0.25, 0.3) is 99.0 Å². The Hall–Kier alpha value is -6.97. The minimum absolute atomic E-state index is 1.02. The molecule has 0 saturated carbocycles. The maximum atomic E-state index is 5.28. The van der Waals surface area contributed by atoms with Crippen LogP contribution in [0.15, 0.2) is 176 Å². The Morgan fingerprint density at radius 2 is 0.815 bits per heavy atom. The smallest absolute Gasteiger partial charge is 0.0790 e. The molecular weight excluding hydrogens is 655 g/mol. The summed E-state index contributed by atoms with van der Waals surface area (Å²) in [6.45, 7) is 4.41. The van der Waals surface area contributed by atoms with Gasteiger partial charge < -0.3 is 9.13 Å². The zero-order valence-electron chi connectivity index (χ0n) is 30.1. The highest BCUT2D eigenvalue weighted by Gasteiger charge is 2.18. The Morgan fingerprint density at radius 3 is 1.33 bits per heavy atom. The van der Waals surface area contributed by atoms with Crippen LogP contribution in [0.2, 0.25) is 0 Å². The van der Waals surface area contributed by atoms with E-state index in [4.69, 9.17) is 4.98 Å². The number of aromatic nitrogens is 3. The number of rotatable bonds is 4. The topological polar surface area (TPSA) is 22.8 Å². The molecule has 0 amide bonds. The lowest BCUT2D eigenvalue weighted by Crippen LogP contribution is -2.00. The van der Waals surface area contributed by atoms with Gasteiger partial charge in [0.1, 0.15) is 0 Å². The van der Waals surface area contributed by atoms with Crippen molar-refractivity contribution < 1.29 is 0 Å². The molecule has 0 aliphatic heterocycles. The summed E-state index contributed by atoms with van der Waals surface area (Å²) in [7, 11) is 0. The highest BCUT2D eigenvalue weighted by atomic mass is 15.0. The van der Waals surface area contributed by atoms with Crippen LogP contribution < -0.4 is 0 Å². The first-order chi connectivity index (χ1) is 26.6. The minimum atomic E-state index is 1.02. The van der Waals surface area contributed by atoms with Crippen molar-refractivity contribution in [3.8, 4) is 33.8 Å². The Balaban J connectivity index is 1.16. The van der Waals surface area contributed by atoms with Gasteiger partial charge in [-0.3, -0.25) is 0 Å². The number of benzene rings is 8. The quantitative estimate of drug-likeness (QED) is 0.169. The number of hydrogen-bond donors (Lipinski definition) is 0. The van der Waals surface area contributed by atoms with Crippen molar-refractivity contribution in [3.63, 3.8) is 0 Å². The van der Waals surface area contributed by atoms with Gasteiger partial charge in [0.25, 0.3) is 0 Å². The van der Waals surface area contributed by atoms with Gasteiger partial charge in [0.15, 0.2) is 0 Å². The number of fused-ring (bicyclic) bond motifs is 9. The summed E-state index contributed by atoms with van der Waals surface area (Å²) in [5.41, 5.74) is 15.0. The van der Waals surface area contributed by atoms with Crippen LogP contribution in [0.1, 0.15) is 11.1 Å². The molecule has 0 fully saturated rings. The van der Waals surface area contributed by atoms with Gasteiger partial charge in [-0.1, -0.05) is 127 Å². The molecule has 3 nitrogen and oxygen atoms in total. The zero-order valence-corrected chi connectivity index (χ0v) is 30.1. The van der Waals surface area contributed by atoms with E-state index < -0.39 is 0 Å². The van der Waals surface area contributed by atoms with Crippen molar-refractivity contribution in [1.29, 1.82) is 0 Å². The van der Waals surface area contributed by atoms with E-state index in [-0.39, 0.29) is 0 Å². The second-order valence-electron chi connectivity index (χ2n) is 14.5. The lowest BCUT2D eigenvalue weighted by Gasteiger charge is -2.16. The fraction of sp³-hybridized carbons (Fsp3) is 0.0392. The summed E-state index contributed by atoms with van der Waals surface area (Å²) in [5.74, 6) is 0. The van der Waals surface area contributed by atoms with Gasteiger partial charge in [-0.05, 0) is 90.0 Å². The van der Waals surface area contributed by atoms with Gasteiger partial charge in [0.05, 0.1) is 33.3 Å². The molecule has 0 radical (unpaired) electrons. The Morgan fingerprint density at radius 1 is 0.370 bits per heavy atom. The summed E-state index contributed by atoms with van der Waals surface area (Å²) in [6.07, 6.45) is 0. The van der Waals surface area contributed by atoms with Gasteiger partial charge in [0, 0.05) is 49.3 Å². The molecule has 3 aromatic heterocycles. The number of aryl methyl sites for hydroxylation is 2. The molecule has 0 bridgehead atoms. The van der Waals surface area contributed by atoms with Crippen LogP contribution in [-0.2, 0) is 0 Å². The summed E-state index contributed by atoms with van der Waals surface area (Å²) >= 11 is 0. The molecule has 0 aliphatic carbocycles. The van der Waals surface area contributed by atoms with Crippen LogP contribution in [0.3, 0.4) is 0 Å². The molecule has 0 N–H and O–H groups in total. The lowest BCUT2D eigenvalue weighted by atomic mass is 9.93. The highest BCUT2D eigenvalue weighted by molar-refractivity contribution is 6.13. The van der Waals surface area contributed by atoms with Gasteiger partial charge >= 0.3 is 0 Å². The molecule has 0 spiro atoms. The van der Waals surface area contributed by atoms with Crippen molar-refractivity contribution in [2.45, 2.75) is 13.8 Å².